The molecule has 1 aliphatic rings. The highest BCUT2D eigenvalue weighted by Gasteiger charge is 2.32. The van der Waals surface area contributed by atoms with Crippen molar-refractivity contribution in [2.24, 2.45) is 0 Å². The molecule has 1 heterocycles. The second-order valence-corrected chi connectivity index (χ2v) is 6.94. The number of piperazine rings is 1. The number of benzene rings is 2. The van der Waals surface area contributed by atoms with Crippen LogP contribution in [0.1, 0.15) is 16.8 Å². The highest BCUT2D eigenvalue weighted by molar-refractivity contribution is 7.98. The molecular formula is C20H22N2O3S. The maximum atomic E-state index is 12.9. The van der Waals surface area contributed by atoms with Crippen molar-refractivity contribution in [2.75, 3.05) is 26.0 Å². The molecule has 26 heavy (non-hydrogen) atoms. The van der Waals surface area contributed by atoms with Crippen LogP contribution in [0.5, 0.6) is 0 Å². The SMILES string of the molecule is CSc1ccccc1-c1ccc(C(=O)N2CCNC(=O)[C@H]2CCO)cc1. The normalized spacial score (nSPS) is 17.1. The van der Waals surface area contributed by atoms with Crippen LogP contribution in [0, 0.1) is 0 Å². The van der Waals surface area contributed by atoms with Gasteiger partial charge >= 0.3 is 0 Å². The quantitative estimate of drug-likeness (QED) is 0.793. The monoisotopic (exact) mass is 370 g/mol. The van der Waals surface area contributed by atoms with Crippen LogP contribution >= 0.6 is 11.8 Å². The third-order valence-electron chi connectivity index (χ3n) is 4.54. The first-order valence-electron chi connectivity index (χ1n) is 8.58. The minimum atomic E-state index is -0.613. The van der Waals surface area contributed by atoms with Gasteiger partial charge in [0.25, 0.3) is 5.91 Å². The molecule has 2 amide bonds. The summed E-state index contributed by atoms with van der Waals surface area (Å²) in [4.78, 5) is 27.6. The van der Waals surface area contributed by atoms with E-state index in [1.807, 2.05) is 30.5 Å². The zero-order chi connectivity index (χ0) is 18.5. The number of aliphatic hydroxyl groups is 1. The summed E-state index contributed by atoms with van der Waals surface area (Å²) in [7, 11) is 0. The summed E-state index contributed by atoms with van der Waals surface area (Å²) in [5.74, 6) is -0.382. The first-order valence-corrected chi connectivity index (χ1v) is 9.81. The van der Waals surface area contributed by atoms with E-state index >= 15 is 0 Å². The fourth-order valence-electron chi connectivity index (χ4n) is 3.21. The number of nitrogens with zero attached hydrogens (tertiary/aromatic N) is 1. The number of nitrogens with one attached hydrogen (secondary N) is 1. The molecule has 0 spiro atoms. The molecular weight excluding hydrogens is 348 g/mol. The fraction of sp³-hybridized carbons (Fsp3) is 0.300. The van der Waals surface area contributed by atoms with Crippen LogP contribution in [0.15, 0.2) is 53.4 Å². The lowest BCUT2D eigenvalue weighted by molar-refractivity contribution is -0.128. The van der Waals surface area contributed by atoms with E-state index in [0.29, 0.717) is 18.7 Å². The second-order valence-electron chi connectivity index (χ2n) is 6.10. The van der Waals surface area contributed by atoms with Gasteiger partial charge in [0.15, 0.2) is 0 Å². The van der Waals surface area contributed by atoms with Crippen molar-refractivity contribution in [2.45, 2.75) is 17.4 Å². The highest BCUT2D eigenvalue weighted by Crippen LogP contribution is 2.30. The van der Waals surface area contributed by atoms with Crippen molar-refractivity contribution in [3.05, 3.63) is 54.1 Å². The molecule has 0 aromatic heterocycles. The molecule has 2 N–H and O–H groups in total. The van der Waals surface area contributed by atoms with Crippen molar-refractivity contribution < 1.29 is 14.7 Å². The largest absolute Gasteiger partial charge is 0.396 e. The molecule has 1 aliphatic heterocycles. The fourth-order valence-corrected chi connectivity index (χ4v) is 3.83. The summed E-state index contributed by atoms with van der Waals surface area (Å²) >= 11 is 1.69. The molecule has 0 bridgehead atoms. The number of amides is 2. The number of hydrogen-bond donors (Lipinski definition) is 2. The number of aliphatic hydroxyl groups excluding tert-OH is 1. The van der Waals surface area contributed by atoms with E-state index in [4.69, 9.17) is 0 Å². The second kappa shape index (κ2) is 8.38. The van der Waals surface area contributed by atoms with Gasteiger partial charge in [-0.15, -0.1) is 11.8 Å². The van der Waals surface area contributed by atoms with Gasteiger partial charge in [0.05, 0.1) is 0 Å². The molecule has 0 unspecified atom stereocenters. The Kier molecular flexibility index (Phi) is 5.96. The molecule has 1 fully saturated rings. The summed E-state index contributed by atoms with van der Waals surface area (Å²) in [6.45, 7) is 0.754. The summed E-state index contributed by atoms with van der Waals surface area (Å²) in [6, 6.07) is 15.0. The smallest absolute Gasteiger partial charge is 0.254 e. The number of carbonyl (C=O) groups excluding carboxylic acids is 2. The van der Waals surface area contributed by atoms with Crippen molar-refractivity contribution >= 4 is 23.6 Å². The van der Waals surface area contributed by atoms with E-state index in [1.54, 1.807) is 28.8 Å². The molecule has 1 saturated heterocycles. The average molecular weight is 370 g/mol. The summed E-state index contributed by atoms with van der Waals surface area (Å²) < 4.78 is 0. The van der Waals surface area contributed by atoms with Crippen LogP contribution in [0.3, 0.4) is 0 Å². The van der Waals surface area contributed by atoms with E-state index in [-0.39, 0.29) is 24.8 Å². The van der Waals surface area contributed by atoms with Crippen LogP contribution < -0.4 is 5.32 Å². The number of rotatable bonds is 5. The molecule has 136 valence electrons. The van der Waals surface area contributed by atoms with Crippen LogP contribution in [-0.2, 0) is 4.79 Å². The molecule has 2 aromatic rings. The minimum Gasteiger partial charge on any atom is -0.396 e. The van der Waals surface area contributed by atoms with E-state index in [2.05, 4.69) is 17.4 Å². The third kappa shape index (κ3) is 3.76. The van der Waals surface area contributed by atoms with E-state index in [9.17, 15) is 14.7 Å². The summed E-state index contributed by atoms with van der Waals surface area (Å²) in [6.07, 6.45) is 2.29. The van der Waals surface area contributed by atoms with Gasteiger partial charge in [0.2, 0.25) is 5.91 Å². The Morgan fingerprint density at radius 1 is 1.23 bits per heavy atom. The zero-order valence-electron chi connectivity index (χ0n) is 14.6. The van der Waals surface area contributed by atoms with Gasteiger partial charge in [0, 0.05) is 30.2 Å². The van der Waals surface area contributed by atoms with Gasteiger partial charge in [-0.1, -0.05) is 30.3 Å². The number of carbonyl (C=O) groups is 2. The zero-order valence-corrected chi connectivity index (χ0v) is 15.5. The molecule has 1 atom stereocenters. The molecule has 5 nitrogen and oxygen atoms in total. The third-order valence-corrected chi connectivity index (χ3v) is 5.34. The first kappa shape index (κ1) is 18.5. The maximum absolute atomic E-state index is 12.9. The predicted molar refractivity (Wildman–Crippen MR) is 103 cm³/mol. The summed E-state index contributed by atoms with van der Waals surface area (Å²) in [5.41, 5.74) is 2.73. The number of thioether (sulfide) groups is 1. The molecule has 0 radical (unpaired) electrons. The topological polar surface area (TPSA) is 69.6 Å². The van der Waals surface area contributed by atoms with E-state index in [1.165, 1.54) is 4.90 Å². The standard InChI is InChI=1S/C20H22N2O3S/c1-26-18-5-3-2-4-16(18)14-6-8-15(9-7-14)20(25)22-12-11-21-19(24)17(22)10-13-23/h2-9,17,23H,10-13H2,1H3,(H,21,24)/t17-/m1/s1. The first-order chi connectivity index (χ1) is 12.7. The summed E-state index contributed by atoms with van der Waals surface area (Å²) in [5, 5.41) is 11.9. The molecule has 2 aromatic carbocycles. The number of hydrogen-bond acceptors (Lipinski definition) is 4. The molecule has 6 heteroatoms. The molecule has 0 saturated carbocycles. The van der Waals surface area contributed by atoms with Gasteiger partial charge in [-0.3, -0.25) is 9.59 Å². The van der Waals surface area contributed by atoms with Crippen molar-refractivity contribution in [1.82, 2.24) is 10.2 Å². The van der Waals surface area contributed by atoms with Gasteiger partial charge in [-0.2, -0.15) is 0 Å². The van der Waals surface area contributed by atoms with Crippen LogP contribution in [0.2, 0.25) is 0 Å². The van der Waals surface area contributed by atoms with Crippen LogP contribution in [-0.4, -0.2) is 53.8 Å². The van der Waals surface area contributed by atoms with Crippen LogP contribution in [0.25, 0.3) is 11.1 Å². The van der Waals surface area contributed by atoms with Crippen LogP contribution in [0.4, 0.5) is 0 Å². The Labute approximate surface area is 157 Å². The van der Waals surface area contributed by atoms with Gasteiger partial charge in [-0.25, -0.2) is 0 Å². The van der Waals surface area contributed by atoms with Crippen molar-refractivity contribution in [1.29, 1.82) is 0 Å². The van der Waals surface area contributed by atoms with Crippen molar-refractivity contribution in [3.8, 4) is 11.1 Å². The molecule has 0 aliphatic carbocycles. The lowest BCUT2D eigenvalue weighted by atomic mass is 10.0. The minimum absolute atomic E-state index is 0.133. The Bertz CT molecular complexity index is 792. The Morgan fingerprint density at radius 2 is 1.96 bits per heavy atom. The maximum Gasteiger partial charge on any atom is 0.254 e. The lowest BCUT2D eigenvalue weighted by Gasteiger charge is -2.34. The van der Waals surface area contributed by atoms with Gasteiger partial charge in [-0.05, 0) is 42.0 Å². The molecule has 3 rings (SSSR count). The predicted octanol–water partition coefficient (Wildman–Crippen LogP) is 2.40. The Balaban J connectivity index is 1.83. The Morgan fingerprint density at radius 3 is 2.65 bits per heavy atom. The van der Waals surface area contributed by atoms with E-state index in [0.717, 1.165) is 11.1 Å². The van der Waals surface area contributed by atoms with E-state index < -0.39 is 6.04 Å². The highest BCUT2D eigenvalue weighted by atomic mass is 32.2. The Hall–Kier alpha value is -2.31. The van der Waals surface area contributed by atoms with Gasteiger partial charge < -0.3 is 15.3 Å². The van der Waals surface area contributed by atoms with Crippen molar-refractivity contribution in [3.63, 3.8) is 0 Å². The lowest BCUT2D eigenvalue weighted by Crippen LogP contribution is -2.57. The average Bonchev–Trinajstić information content (AvgIpc) is 2.69. The van der Waals surface area contributed by atoms with Gasteiger partial charge in [0.1, 0.15) is 6.04 Å².